The highest BCUT2D eigenvalue weighted by Crippen LogP contribution is 2.21. The SMILES string of the molecule is CCOc1ncccc1CNC(=NC)NC1CC(=O)N(c2ccccc2)C1.I. The molecule has 2 heterocycles. The smallest absolute Gasteiger partial charge is 0.229 e. The molecule has 1 aromatic carbocycles. The van der Waals surface area contributed by atoms with E-state index in [0.717, 1.165) is 11.3 Å². The number of ether oxygens (including phenoxy) is 1. The van der Waals surface area contributed by atoms with Crippen molar-refractivity contribution in [2.75, 3.05) is 25.1 Å². The Morgan fingerprint density at radius 2 is 2.07 bits per heavy atom. The van der Waals surface area contributed by atoms with Crippen LogP contribution in [-0.2, 0) is 11.3 Å². The number of amides is 1. The van der Waals surface area contributed by atoms with Crippen LogP contribution in [0.1, 0.15) is 18.9 Å². The third-order valence-electron chi connectivity index (χ3n) is 4.33. The molecule has 1 atom stereocenters. The van der Waals surface area contributed by atoms with Gasteiger partial charge in [-0.05, 0) is 25.1 Å². The Balaban J connectivity index is 0.00000280. The molecule has 8 heteroatoms. The van der Waals surface area contributed by atoms with Gasteiger partial charge in [0.2, 0.25) is 11.8 Å². The number of aromatic nitrogens is 1. The quantitative estimate of drug-likeness (QED) is 0.366. The lowest BCUT2D eigenvalue weighted by Crippen LogP contribution is -2.44. The standard InChI is InChI=1S/C20H25N5O2.HI/c1-3-27-19-15(8-7-11-22-19)13-23-20(21-2)24-16-12-18(26)25(14-16)17-9-5-4-6-10-17;/h4-11,16H,3,12-14H2,1-2H3,(H2,21,23,24);1H. The van der Waals surface area contributed by atoms with Crippen molar-refractivity contribution in [3.63, 3.8) is 0 Å². The first-order valence-corrected chi connectivity index (χ1v) is 9.10. The minimum atomic E-state index is 0. The molecular weight excluding hydrogens is 469 g/mol. The van der Waals surface area contributed by atoms with Crippen LogP contribution in [0.2, 0.25) is 0 Å². The average molecular weight is 495 g/mol. The molecule has 0 radical (unpaired) electrons. The summed E-state index contributed by atoms with van der Waals surface area (Å²) in [6.07, 6.45) is 2.15. The summed E-state index contributed by atoms with van der Waals surface area (Å²) in [5.74, 6) is 1.38. The summed E-state index contributed by atoms with van der Waals surface area (Å²) in [5, 5.41) is 6.60. The first-order chi connectivity index (χ1) is 13.2. The van der Waals surface area contributed by atoms with E-state index in [0.29, 0.717) is 38.0 Å². The second kappa shape index (κ2) is 10.8. The Bertz CT molecular complexity index is 800. The molecule has 2 aromatic rings. The van der Waals surface area contributed by atoms with Crippen molar-refractivity contribution in [1.82, 2.24) is 15.6 Å². The Hall–Kier alpha value is -2.36. The fourth-order valence-electron chi connectivity index (χ4n) is 3.05. The van der Waals surface area contributed by atoms with Crippen LogP contribution < -0.4 is 20.3 Å². The number of nitrogens with one attached hydrogen (secondary N) is 2. The van der Waals surface area contributed by atoms with Crippen LogP contribution in [0.25, 0.3) is 0 Å². The van der Waals surface area contributed by atoms with Crippen molar-refractivity contribution in [3.8, 4) is 5.88 Å². The van der Waals surface area contributed by atoms with E-state index in [2.05, 4.69) is 20.6 Å². The van der Waals surface area contributed by atoms with Crippen molar-refractivity contribution in [1.29, 1.82) is 0 Å². The summed E-state index contributed by atoms with van der Waals surface area (Å²) in [6.45, 7) is 3.64. The summed E-state index contributed by atoms with van der Waals surface area (Å²) in [7, 11) is 1.72. The first-order valence-electron chi connectivity index (χ1n) is 9.10. The van der Waals surface area contributed by atoms with E-state index in [-0.39, 0.29) is 35.9 Å². The van der Waals surface area contributed by atoms with Gasteiger partial charge in [0.05, 0.1) is 12.6 Å². The molecule has 3 rings (SSSR count). The van der Waals surface area contributed by atoms with E-state index in [1.165, 1.54) is 0 Å². The normalized spacial score (nSPS) is 16.5. The summed E-state index contributed by atoms with van der Waals surface area (Å²) >= 11 is 0. The van der Waals surface area contributed by atoms with Gasteiger partial charge in [-0.2, -0.15) is 0 Å². The molecule has 0 bridgehead atoms. The number of rotatable bonds is 6. The maximum atomic E-state index is 12.4. The number of nitrogens with zero attached hydrogens (tertiary/aromatic N) is 3. The molecule has 1 aliphatic rings. The lowest BCUT2D eigenvalue weighted by molar-refractivity contribution is -0.117. The lowest BCUT2D eigenvalue weighted by atomic mass is 10.2. The number of halogens is 1. The van der Waals surface area contributed by atoms with Crippen LogP contribution in [0.15, 0.2) is 53.7 Å². The molecular formula is C20H26IN5O2. The number of para-hydroxylation sites is 1. The zero-order valence-corrected chi connectivity index (χ0v) is 18.4. The van der Waals surface area contributed by atoms with Crippen LogP contribution >= 0.6 is 24.0 Å². The monoisotopic (exact) mass is 495 g/mol. The van der Waals surface area contributed by atoms with Gasteiger partial charge in [-0.3, -0.25) is 9.79 Å². The molecule has 0 saturated carbocycles. The zero-order valence-electron chi connectivity index (χ0n) is 16.1. The minimum Gasteiger partial charge on any atom is -0.478 e. The second-order valence-electron chi connectivity index (χ2n) is 6.21. The number of aliphatic imine (C=N–C) groups is 1. The topological polar surface area (TPSA) is 78.8 Å². The van der Waals surface area contributed by atoms with Crippen LogP contribution in [0, 0.1) is 0 Å². The van der Waals surface area contributed by atoms with Gasteiger partial charge < -0.3 is 20.3 Å². The molecule has 1 saturated heterocycles. The molecule has 1 amide bonds. The van der Waals surface area contributed by atoms with Gasteiger partial charge >= 0.3 is 0 Å². The maximum absolute atomic E-state index is 12.4. The summed E-state index contributed by atoms with van der Waals surface area (Å²) in [5.41, 5.74) is 1.88. The van der Waals surface area contributed by atoms with Gasteiger partial charge in [0, 0.05) is 44.0 Å². The number of benzene rings is 1. The van der Waals surface area contributed by atoms with Gasteiger partial charge in [-0.25, -0.2) is 4.98 Å². The molecule has 150 valence electrons. The average Bonchev–Trinajstić information content (AvgIpc) is 3.07. The van der Waals surface area contributed by atoms with Crippen LogP contribution in [-0.4, -0.2) is 43.1 Å². The van der Waals surface area contributed by atoms with E-state index in [1.54, 1.807) is 18.1 Å². The highest BCUT2D eigenvalue weighted by atomic mass is 127. The van der Waals surface area contributed by atoms with Crippen LogP contribution in [0.5, 0.6) is 5.88 Å². The van der Waals surface area contributed by atoms with Crippen molar-refractivity contribution in [2.24, 2.45) is 4.99 Å². The highest BCUT2D eigenvalue weighted by molar-refractivity contribution is 14.0. The van der Waals surface area contributed by atoms with E-state index < -0.39 is 0 Å². The van der Waals surface area contributed by atoms with Gasteiger partial charge in [-0.1, -0.05) is 24.3 Å². The Morgan fingerprint density at radius 3 is 2.79 bits per heavy atom. The molecule has 0 aliphatic carbocycles. The Labute approximate surface area is 182 Å². The van der Waals surface area contributed by atoms with Crippen molar-refractivity contribution in [2.45, 2.75) is 25.9 Å². The van der Waals surface area contributed by atoms with E-state index in [1.807, 2.05) is 49.4 Å². The predicted molar refractivity (Wildman–Crippen MR) is 121 cm³/mol. The zero-order chi connectivity index (χ0) is 19.1. The Morgan fingerprint density at radius 1 is 1.29 bits per heavy atom. The highest BCUT2D eigenvalue weighted by Gasteiger charge is 2.31. The number of carbonyl (C=O) groups excluding carboxylic acids is 1. The molecule has 1 aromatic heterocycles. The number of carbonyl (C=O) groups is 1. The van der Waals surface area contributed by atoms with Crippen LogP contribution in [0.4, 0.5) is 5.69 Å². The summed E-state index contributed by atoms with van der Waals surface area (Å²) in [6, 6.07) is 13.6. The van der Waals surface area contributed by atoms with E-state index in [4.69, 9.17) is 4.74 Å². The van der Waals surface area contributed by atoms with Gasteiger partial charge in [0.1, 0.15) is 0 Å². The van der Waals surface area contributed by atoms with Gasteiger partial charge in [0.25, 0.3) is 0 Å². The van der Waals surface area contributed by atoms with Gasteiger partial charge in [0.15, 0.2) is 5.96 Å². The van der Waals surface area contributed by atoms with Crippen molar-refractivity contribution in [3.05, 3.63) is 54.2 Å². The third-order valence-corrected chi connectivity index (χ3v) is 4.33. The molecule has 7 nitrogen and oxygen atoms in total. The predicted octanol–water partition coefficient (Wildman–Crippen LogP) is 2.57. The number of guanidine groups is 1. The molecule has 0 spiro atoms. The fraction of sp³-hybridized carbons (Fsp3) is 0.350. The van der Waals surface area contributed by atoms with E-state index in [9.17, 15) is 4.79 Å². The number of anilines is 1. The van der Waals surface area contributed by atoms with E-state index >= 15 is 0 Å². The first kappa shape index (κ1) is 21.9. The minimum absolute atomic E-state index is 0. The molecule has 1 aliphatic heterocycles. The maximum Gasteiger partial charge on any atom is 0.229 e. The summed E-state index contributed by atoms with van der Waals surface area (Å²) < 4.78 is 5.55. The van der Waals surface area contributed by atoms with Crippen molar-refractivity contribution < 1.29 is 9.53 Å². The largest absolute Gasteiger partial charge is 0.478 e. The van der Waals surface area contributed by atoms with Crippen molar-refractivity contribution >= 4 is 41.5 Å². The third kappa shape index (κ3) is 5.57. The number of pyridine rings is 1. The number of hydrogen-bond donors (Lipinski definition) is 2. The fourth-order valence-corrected chi connectivity index (χ4v) is 3.05. The van der Waals surface area contributed by atoms with Gasteiger partial charge in [-0.15, -0.1) is 24.0 Å². The molecule has 1 unspecified atom stereocenters. The summed E-state index contributed by atoms with van der Waals surface area (Å²) in [4.78, 5) is 22.7. The Kier molecular flexibility index (Phi) is 8.49. The second-order valence-corrected chi connectivity index (χ2v) is 6.21. The lowest BCUT2D eigenvalue weighted by Gasteiger charge is -2.19. The molecule has 28 heavy (non-hydrogen) atoms. The number of hydrogen-bond acceptors (Lipinski definition) is 4. The molecule has 2 N–H and O–H groups in total. The molecule has 1 fully saturated rings. The van der Waals surface area contributed by atoms with Crippen LogP contribution in [0.3, 0.4) is 0 Å².